The highest BCUT2D eigenvalue weighted by Crippen LogP contribution is 2.31. The monoisotopic (exact) mass is 355 g/mol. The number of nitrogens with zero attached hydrogens (tertiary/aromatic N) is 1. The summed E-state index contributed by atoms with van der Waals surface area (Å²) in [6, 6.07) is 1.69. The molecule has 1 N–H and O–H groups in total. The first-order valence-electron chi connectivity index (χ1n) is 5.72. The van der Waals surface area contributed by atoms with E-state index < -0.39 is 10.0 Å². The fourth-order valence-electron chi connectivity index (χ4n) is 1.46. The molecule has 4 nitrogen and oxygen atoms in total. The minimum Gasteiger partial charge on any atom is -0.396 e. The molecule has 0 aromatic carbocycles. The van der Waals surface area contributed by atoms with Gasteiger partial charge >= 0.3 is 0 Å². The Morgan fingerprint density at radius 3 is 2.56 bits per heavy atom. The van der Waals surface area contributed by atoms with Gasteiger partial charge < -0.3 is 5.11 Å². The minimum absolute atomic E-state index is 0.160. The van der Waals surface area contributed by atoms with Gasteiger partial charge in [0.1, 0.15) is 4.21 Å². The van der Waals surface area contributed by atoms with E-state index in [4.69, 9.17) is 5.11 Å². The molecule has 0 fully saturated rings. The molecule has 104 valence electrons. The maximum absolute atomic E-state index is 12.2. The Kier molecular flexibility index (Phi) is 6.26. The molecule has 0 spiro atoms. The largest absolute Gasteiger partial charge is 0.396 e. The van der Waals surface area contributed by atoms with Crippen LogP contribution >= 0.6 is 27.3 Å². The molecule has 0 amide bonds. The van der Waals surface area contributed by atoms with Crippen molar-refractivity contribution in [3.05, 3.63) is 15.4 Å². The molecule has 0 bridgehead atoms. The summed E-state index contributed by atoms with van der Waals surface area (Å²) in [5.41, 5.74) is 0.937. The van der Waals surface area contributed by atoms with Gasteiger partial charge in [-0.1, -0.05) is 0 Å². The molecule has 0 aliphatic carbocycles. The highest BCUT2D eigenvalue weighted by molar-refractivity contribution is 9.11. The second-order valence-corrected chi connectivity index (χ2v) is 8.77. The molecular weight excluding hydrogens is 338 g/mol. The van der Waals surface area contributed by atoms with Crippen LogP contribution in [0.5, 0.6) is 0 Å². The Hall–Kier alpha value is 0.0500. The summed E-state index contributed by atoms with van der Waals surface area (Å²) >= 11 is 4.58. The Balaban J connectivity index is 2.68. The van der Waals surface area contributed by atoms with Crippen LogP contribution in [-0.4, -0.2) is 38.0 Å². The van der Waals surface area contributed by atoms with Gasteiger partial charge in [-0.05, 0) is 53.7 Å². The summed E-state index contributed by atoms with van der Waals surface area (Å²) in [5, 5.41) is 8.67. The van der Waals surface area contributed by atoms with E-state index in [1.165, 1.54) is 15.6 Å². The Morgan fingerprint density at radius 2 is 2.06 bits per heavy atom. The molecular formula is C11H18BrNO3S2. The van der Waals surface area contributed by atoms with Gasteiger partial charge in [0.25, 0.3) is 10.0 Å². The number of thiophene rings is 1. The zero-order chi connectivity index (χ0) is 13.8. The average molecular weight is 356 g/mol. The fraction of sp³-hybridized carbons (Fsp3) is 0.636. The molecule has 7 heteroatoms. The number of aryl methyl sites for hydroxylation is 1. The minimum atomic E-state index is -3.37. The van der Waals surface area contributed by atoms with Crippen LogP contribution in [0.25, 0.3) is 0 Å². The van der Waals surface area contributed by atoms with Crippen LogP contribution in [0.4, 0.5) is 0 Å². The summed E-state index contributed by atoms with van der Waals surface area (Å²) < 4.78 is 27.1. The van der Waals surface area contributed by atoms with Gasteiger partial charge in [0.05, 0.1) is 3.79 Å². The van der Waals surface area contributed by atoms with E-state index in [2.05, 4.69) is 15.9 Å². The summed E-state index contributed by atoms with van der Waals surface area (Å²) in [5.74, 6) is 0. The number of aliphatic hydroxyl groups is 1. The highest BCUT2D eigenvalue weighted by atomic mass is 79.9. The lowest BCUT2D eigenvalue weighted by Gasteiger charge is -2.15. The van der Waals surface area contributed by atoms with E-state index >= 15 is 0 Å². The topological polar surface area (TPSA) is 57.6 Å². The lowest BCUT2D eigenvalue weighted by Crippen LogP contribution is -2.27. The van der Waals surface area contributed by atoms with Crippen molar-refractivity contribution < 1.29 is 13.5 Å². The standard InChI is InChI=1S/C11H18BrNO3S2/c1-9-8-10(17-11(9)12)18(15,16)13(2)6-4-3-5-7-14/h8,14H,3-7H2,1-2H3. The Labute approximate surface area is 121 Å². The van der Waals surface area contributed by atoms with Crippen LogP contribution in [0, 0.1) is 6.92 Å². The van der Waals surface area contributed by atoms with Crippen molar-refractivity contribution in [2.75, 3.05) is 20.2 Å². The van der Waals surface area contributed by atoms with Crippen molar-refractivity contribution in [3.63, 3.8) is 0 Å². The summed E-state index contributed by atoms with van der Waals surface area (Å²) in [4.78, 5) is 0. The van der Waals surface area contributed by atoms with Gasteiger partial charge in [-0.15, -0.1) is 11.3 Å². The van der Waals surface area contributed by atoms with Crippen molar-refractivity contribution in [1.29, 1.82) is 0 Å². The van der Waals surface area contributed by atoms with Crippen LogP contribution in [0.15, 0.2) is 14.1 Å². The number of hydrogen-bond acceptors (Lipinski definition) is 4. The van der Waals surface area contributed by atoms with Gasteiger partial charge in [0.2, 0.25) is 0 Å². The maximum atomic E-state index is 12.2. The predicted octanol–water partition coefficient (Wildman–Crippen LogP) is 2.60. The molecule has 0 atom stereocenters. The van der Waals surface area contributed by atoms with Gasteiger partial charge in [-0.2, -0.15) is 0 Å². The number of halogens is 1. The van der Waals surface area contributed by atoms with E-state index in [0.717, 1.165) is 28.6 Å². The first-order chi connectivity index (χ1) is 8.39. The first kappa shape index (κ1) is 16.1. The van der Waals surface area contributed by atoms with Crippen LogP contribution in [-0.2, 0) is 10.0 Å². The first-order valence-corrected chi connectivity index (χ1v) is 8.77. The summed E-state index contributed by atoms with van der Waals surface area (Å²) in [7, 11) is -1.77. The quantitative estimate of drug-likeness (QED) is 0.764. The number of sulfonamides is 1. The fourth-order valence-corrected chi connectivity index (χ4v) is 5.10. The molecule has 1 aromatic heterocycles. The SMILES string of the molecule is Cc1cc(S(=O)(=O)N(C)CCCCCO)sc1Br. The molecule has 0 unspecified atom stereocenters. The van der Waals surface area contributed by atoms with E-state index in [0.29, 0.717) is 10.8 Å². The van der Waals surface area contributed by atoms with Crippen molar-refractivity contribution in [2.45, 2.75) is 30.4 Å². The Bertz CT molecular complexity index is 465. The van der Waals surface area contributed by atoms with Crippen LogP contribution in [0.3, 0.4) is 0 Å². The number of rotatable bonds is 7. The number of aliphatic hydroxyl groups excluding tert-OH is 1. The van der Waals surface area contributed by atoms with E-state index in [-0.39, 0.29) is 6.61 Å². The van der Waals surface area contributed by atoms with Gasteiger partial charge in [-0.3, -0.25) is 0 Å². The molecule has 18 heavy (non-hydrogen) atoms. The Morgan fingerprint density at radius 1 is 1.39 bits per heavy atom. The van der Waals surface area contributed by atoms with Crippen molar-refractivity contribution in [2.24, 2.45) is 0 Å². The highest BCUT2D eigenvalue weighted by Gasteiger charge is 2.23. The predicted molar refractivity (Wildman–Crippen MR) is 77.5 cm³/mol. The lowest BCUT2D eigenvalue weighted by atomic mass is 10.2. The van der Waals surface area contributed by atoms with Crippen molar-refractivity contribution in [3.8, 4) is 0 Å². The smallest absolute Gasteiger partial charge is 0.252 e. The summed E-state index contributed by atoms with van der Waals surface area (Å²) in [6.45, 7) is 2.52. The second kappa shape index (κ2) is 7.00. The molecule has 0 aliphatic heterocycles. The summed E-state index contributed by atoms with van der Waals surface area (Å²) in [6.07, 6.45) is 2.32. The number of hydrogen-bond donors (Lipinski definition) is 1. The van der Waals surface area contributed by atoms with Crippen LogP contribution in [0.1, 0.15) is 24.8 Å². The van der Waals surface area contributed by atoms with Gasteiger partial charge in [-0.25, -0.2) is 12.7 Å². The zero-order valence-electron chi connectivity index (χ0n) is 10.5. The third-order valence-electron chi connectivity index (χ3n) is 2.63. The van der Waals surface area contributed by atoms with Crippen LogP contribution < -0.4 is 0 Å². The molecule has 1 rings (SSSR count). The molecule has 0 aliphatic rings. The van der Waals surface area contributed by atoms with E-state index in [9.17, 15) is 8.42 Å². The molecule has 0 radical (unpaired) electrons. The maximum Gasteiger partial charge on any atom is 0.252 e. The van der Waals surface area contributed by atoms with E-state index in [1.54, 1.807) is 13.1 Å². The lowest BCUT2D eigenvalue weighted by molar-refractivity contribution is 0.281. The van der Waals surface area contributed by atoms with Crippen molar-refractivity contribution in [1.82, 2.24) is 4.31 Å². The average Bonchev–Trinajstić information content (AvgIpc) is 2.65. The van der Waals surface area contributed by atoms with Gasteiger partial charge in [0, 0.05) is 20.2 Å². The second-order valence-electron chi connectivity index (χ2n) is 4.13. The molecule has 0 saturated carbocycles. The van der Waals surface area contributed by atoms with Crippen LogP contribution in [0.2, 0.25) is 0 Å². The number of unbranched alkanes of at least 4 members (excludes halogenated alkanes) is 2. The zero-order valence-corrected chi connectivity index (χ0v) is 13.7. The third kappa shape index (κ3) is 4.03. The molecule has 1 heterocycles. The third-order valence-corrected chi connectivity index (χ3v) is 7.07. The van der Waals surface area contributed by atoms with Crippen molar-refractivity contribution >= 4 is 37.3 Å². The molecule has 1 aromatic rings. The normalized spacial score (nSPS) is 12.3. The molecule has 0 saturated heterocycles. The van der Waals surface area contributed by atoms with E-state index in [1.807, 2.05) is 6.92 Å². The van der Waals surface area contributed by atoms with Gasteiger partial charge in [0.15, 0.2) is 0 Å².